The van der Waals surface area contributed by atoms with Gasteiger partial charge in [-0.2, -0.15) is 4.98 Å². The van der Waals surface area contributed by atoms with Crippen LogP contribution in [0.4, 0.5) is 0 Å². The van der Waals surface area contributed by atoms with E-state index in [-0.39, 0.29) is 6.04 Å². The number of hydrogen-bond donors (Lipinski definition) is 1. The highest BCUT2D eigenvalue weighted by Gasteiger charge is 2.21. The minimum Gasteiger partial charge on any atom is -0.376 e. The summed E-state index contributed by atoms with van der Waals surface area (Å²) in [4.78, 5) is 4.34. The van der Waals surface area contributed by atoms with E-state index in [1.807, 2.05) is 24.3 Å². The molecular weight excluding hydrogens is 322 g/mol. The fraction of sp³-hybridized carbons (Fsp3) is 0.429. The van der Waals surface area contributed by atoms with Crippen LogP contribution in [-0.2, 0) is 4.74 Å². The molecule has 0 bridgehead atoms. The molecule has 5 nitrogen and oxygen atoms in total. The van der Waals surface area contributed by atoms with Crippen LogP contribution in [0.15, 0.2) is 33.3 Å². The SMILES string of the molecule is NC(COC1CCC1)c1noc(-c2cccc(Br)c2)n1. The molecule has 2 aromatic rings. The normalized spacial score (nSPS) is 16.9. The third-order valence-corrected chi connectivity index (χ3v) is 3.90. The summed E-state index contributed by atoms with van der Waals surface area (Å²) in [7, 11) is 0. The lowest BCUT2D eigenvalue weighted by Gasteiger charge is -2.26. The van der Waals surface area contributed by atoms with Gasteiger partial charge < -0.3 is 15.0 Å². The molecule has 1 saturated carbocycles. The van der Waals surface area contributed by atoms with E-state index < -0.39 is 0 Å². The van der Waals surface area contributed by atoms with Crippen molar-refractivity contribution in [2.24, 2.45) is 5.73 Å². The first kappa shape index (κ1) is 13.7. The van der Waals surface area contributed by atoms with Gasteiger partial charge in [-0.05, 0) is 37.5 Å². The van der Waals surface area contributed by atoms with E-state index in [1.54, 1.807) is 0 Å². The van der Waals surface area contributed by atoms with Gasteiger partial charge in [0, 0.05) is 10.0 Å². The Bertz CT molecular complexity index is 583. The molecule has 1 unspecified atom stereocenters. The second-order valence-corrected chi connectivity index (χ2v) is 5.88. The summed E-state index contributed by atoms with van der Waals surface area (Å²) in [6.07, 6.45) is 3.86. The van der Waals surface area contributed by atoms with Gasteiger partial charge in [-0.3, -0.25) is 0 Å². The Morgan fingerprint density at radius 2 is 2.30 bits per heavy atom. The van der Waals surface area contributed by atoms with Crippen molar-refractivity contribution < 1.29 is 9.26 Å². The Hall–Kier alpha value is -1.24. The summed E-state index contributed by atoms with van der Waals surface area (Å²) in [6, 6.07) is 7.36. The Kier molecular flexibility index (Phi) is 4.14. The molecule has 0 saturated heterocycles. The maximum Gasteiger partial charge on any atom is 0.258 e. The summed E-state index contributed by atoms with van der Waals surface area (Å²) in [5.41, 5.74) is 6.89. The number of nitrogens with zero attached hydrogens (tertiary/aromatic N) is 2. The Morgan fingerprint density at radius 1 is 1.45 bits per heavy atom. The van der Waals surface area contributed by atoms with Crippen LogP contribution in [0.2, 0.25) is 0 Å². The number of benzene rings is 1. The van der Waals surface area contributed by atoms with Crippen LogP contribution in [-0.4, -0.2) is 22.9 Å². The smallest absolute Gasteiger partial charge is 0.258 e. The maximum absolute atomic E-state index is 6.02. The number of aromatic nitrogens is 2. The van der Waals surface area contributed by atoms with Crippen LogP contribution in [0.25, 0.3) is 11.5 Å². The van der Waals surface area contributed by atoms with Gasteiger partial charge in [-0.15, -0.1) is 0 Å². The zero-order chi connectivity index (χ0) is 13.9. The Labute approximate surface area is 125 Å². The van der Waals surface area contributed by atoms with E-state index in [0.717, 1.165) is 22.9 Å². The van der Waals surface area contributed by atoms with Crippen molar-refractivity contribution in [2.75, 3.05) is 6.61 Å². The fourth-order valence-corrected chi connectivity index (χ4v) is 2.38. The second kappa shape index (κ2) is 6.03. The molecule has 1 aliphatic carbocycles. The van der Waals surface area contributed by atoms with Gasteiger partial charge in [0.15, 0.2) is 5.82 Å². The first-order chi connectivity index (χ1) is 9.72. The van der Waals surface area contributed by atoms with E-state index >= 15 is 0 Å². The molecular formula is C14H16BrN3O2. The molecule has 0 amide bonds. The lowest BCUT2D eigenvalue weighted by molar-refractivity contribution is -0.00549. The molecule has 1 aromatic heterocycles. The van der Waals surface area contributed by atoms with Crippen molar-refractivity contribution in [1.82, 2.24) is 10.1 Å². The van der Waals surface area contributed by atoms with Crippen LogP contribution in [0.1, 0.15) is 31.1 Å². The van der Waals surface area contributed by atoms with Gasteiger partial charge in [0.25, 0.3) is 5.89 Å². The number of halogens is 1. The van der Waals surface area contributed by atoms with Crippen LogP contribution in [0.3, 0.4) is 0 Å². The zero-order valence-electron chi connectivity index (χ0n) is 11.0. The Balaban J connectivity index is 1.66. The molecule has 1 aromatic carbocycles. The quantitative estimate of drug-likeness (QED) is 0.907. The van der Waals surface area contributed by atoms with E-state index in [2.05, 4.69) is 26.1 Å². The molecule has 0 radical (unpaired) electrons. The van der Waals surface area contributed by atoms with Crippen molar-refractivity contribution in [2.45, 2.75) is 31.4 Å². The highest BCUT2D eigenvalue weighted by molar-refractivity contribution is 9.10. The van der Waals surface area contributed by atoms with Crippen molar-refractivity contribution >= 4 is 15.9 Å². The average Bonchev–Trinajstić information content (AvgIpc) is 2.86. The molecule has 2 N–H and O–H groups in total. The molecule has 1 atom stereocenters. The van der Waals surface area contributed by atoms with E-state index in [9.17, 15) is 0 Å². The van der Waals surface area contributed by atoms with Crippen LogP contribution >= 0.6 is 15.9 Å². The summed E-state index contributed by atoms with van der Waals surface area (Å²) in [6.45, 7) is 0.433. The summed E-state index contributed by atoms with van der Waals surface area (Å²) < 4.78 is 11.9. The maximum atomic E-state index is 6.02. The highest BCUT2D eigenvalue weighted by Crippen LogP contribution is 2.24. The largest absolute Gasteiger partial charge is 0.376 e. The minimum atomic E-state index is -0.347. The zero-order valence-corrected chi connectivity index (χ0v) is 12.5. The van der Waals surface area contributed by atoms with Crippen molar-refractivity contribution in [3.05, 3.63) is 34.6 Å². The third kappa shape index (κ3) is 3.08. The molecule has 0 aliphatic heterocycles. The minimum absolute atomic E-state index is 0.347. The highest BCUT2D eigenvalue weighted by atomic mass is 79.9. The van der Waals surface area contributed by atoms with Gasteiger partial charge in [-0.1, -0.05) is 27.2 Å². The fourth-order valence-electron chi connectivity index (χ4n) is 1.98. The molecule has 1 aliphatic rings. The monoisotopic (exact) mass is 337 g/mol. The van der Waals surface area contributed by atoms with Crippen molar-refractivity contribution in [1.29, 1.82) is 0 Å². The predicted molar refractivity (Wildman–Crippen MR) is 78.0 cm³/mol. The number of ether oxygens (including phenoxy) is 1. The molecule has 6 heteroatoms. The number of nitrogens with two attached hydrogens (primary N) is 1. The van der Waals surface area contributed by atoms with E-state index in [0.29, 0.717) is 24.4 Å². The van der Waals surface area contributed by atoms with Crippen LogP contribution < -0.4 is 5.73 Å². The second-order valence-electron chi connectivity index (χ2n) is 4.96. The molecule has 106 valence electrons. The van der Waals surface area contributed by atoms with Gasteiger partial charge in [0.05, 0.1) is 18.8 Å². The third-order valence-electron chi connectivity index (χ3n) is 3.41. The summed E-state index contributed by atoms with van der Waals surface area (Å²) in [5.74, 6) is 0.958. The van der Waals surface area contributed by atoms with Crippen LogP contribution in [0.5, 0.6) is 0 Å². The van der Waals surface area contributed by atoms with Gasteiger partial charge in [0.2, 0.25) is 0 Å². The molecule has 20 heavy (non-hydrogen) atoms. The predicted octanol–water partition coefficient (Wildman–Crippen LogP) is 3.07. The average molecular weight is 338 g/mol. The first-order valence-electron chi connectivity index (χ1n) is 6.69. The lowest BCUT2D eigenvalue weighted by Crippen LogP contribution is -2.27. The van der Waals surface area contributed by atoms with Crippen molar-refractivity contribution in [3.8, 4) is 11.5 Å². The Morgan fingerprint density at radius 3 is 3.00 bits per heavy atom. The van der Waals surface area contributed by atoms with Crippen molar-refractivity contribution in [3.63, 3.8) is 0 Å². The van der Waals surface area contributed by atoms with Gasteiger partial charge in [-0.25, -0.2) is 0 Å². The number of rotatable bonds is 5. The molecule has 0 spiro atoms. The first-order valence-corrected chi connectivity index (χ1v) is 7.48. The standard InChI is InChI=1S/C14H16BrN3O2/c15-10-4-1-3-9(7-10)14-17-13(18-20-14)12(16)8-19-11-5-2-6-11/h1,3-4,7,11-12H,2,5-6,8,16H2. The van der Waals surface area contributed by atoms with Crippen LogP contribution in [0, 0.1) is 0 Å². The van der Waals surface area contributed by atoms with Gasteiger partial charge in [0.1, 0.15) is 0 Å². The molecule has 1 fully saturated rings. The van der Waals surface area contributed by atoms with E-state index in [4.69, 9.17) is 15.0 Å². The van der Waals surface area contributed by atoms with E-state index in [1.165, 1.54) is 6.42 Å². The number of hydrogen-bond acceptors (Lipinski definition) is 5. The summed E-state index contributed by atoms with van der Waals surface area (Å²) >= 11 is 3.42. The molecule has 1 heterocycles. The van der Waals surface area contributed by atoms with Gasteiger partial charge >= 0.3 is 0 Å². The topological polar surface area (TPSA) is 74.2 Å². The molecule has 3 rings (SSSR count). The lowest BCUT2D eigenvalue weighted by atomic mass is 9.96. The summed E-state index contributed by atoms with van der Waals surface area (Å²) in [5, 5.41) is 3.94.